The summed E-state index contributed by atoms with van der Waals surface area (Å²) in [5, 5.41) is 8.06. The quantitative estimate of drug-likeness (QED) is 0.703. The third-order valence-corrected chi connectivity index (χ3v) is 4.14. The Hall–Kier alpha value is -1.97. The molecular formula is C16H13Cl2N3. The molecule has 0 aliphatic heterocycles. The van der Waals surface area contributed by atoms with Crippen LogP contribution in [0.3, 0.4) is 0 Å². The Balaban J connectivity index is 2.24. The first-order valence-electron chi connectivity index (χ1n) is 6.43. The van der Waals surface area contributed by atoms with E-state index in [0.717, 1.165) is 27.9 Å². The van der Waals surface area contributed by atoms with Crippen LogP contribution in [0.1, 0.15) is 5.56 Å². The molecule has 0 saturated heterocycles. The Morgan fingerprint density at radius 2 is 1.86 bits per heavy atom. The van der Waals surface area contributed by atoms with Gasteiger partial charge in [-0.2, -0.15) is 5.10 Å². The lowest BCUT2D eigenvalue weighted by molar-refractivity contribution is 1.10. The molecule has 0 bridgehead atoms. The van der Waals surface area contributed by atoms with Gasteiger partial charge >= 0.3 is 0 Å². The monoisotopic (exact) mass is 317 g/mol. The van der Waals surface area contributed by atoms with E-state index in [2.05, 4.69) is 16.3 Å². The van der Waals surface area contributed by atoms with E-state index in [1.54, 1.807) is 6.07 Å². The van der Waals surface area contributed by atoms with Gasteiger partial charge in [0.25, 0.3) is 0 Å². The van der Waals surface area contributed by atoms with Gasteiger partial charge < -0.3 is 5.73 Å². The van der Waals surface area contributed by atoms with Gasteiger partial charge in [0.2, 0.25) is 0 Å². The lowest BCUT2D eigenvalue weighted by Crippen LogP contribution is -1.90. The first kappa shape index (κ1) is 14.0. The van der Waals surface area contributed by atoms with Crippen LogP contribution in [0.15, 0.2) is 42.5 Å². The Morgan fingerprint density at radius 1 is 1.10 bits per heavy atom. The van der Waals surface area contributed by atoms with E-state index in [1.165, 1.54) is 0 Å². The fourth-order valence-electron chi connectivity index (χ4n) is 2.34. The number of nitrogens with two attached hydrogens (primary N) is 1. The van der Waals surface area contributed by atoms with Crippen LogP contribution in [0, 0.1) is 6.92 Å². The Morgan fingerprint density at radius 3 is 2.62 bits per heavy atom. The number of nitrogens with zero attached hydrogens (tertiary/aromatic N) is 1. The number of anilines is 1. The molecule has 0 amide bonds. The van der Waals surface area contributed by atoms with E-state index >= 15 is 0 Å². The minimum absolute atomic E-state index is 0.437. The van der Waals surface area contributed by atoms with Crippen LogP contribution in [0.2, 0.25) is 10.0 Å². The van der Waals surface area contributed by atoms with Crippen molar-refractivity contribution in [2.45, 2.75) is 6.92 Å². The van der Waals surface area contributed by atoms with E-state index in [0.29, 0.717) is 15.9 Å². The minimum atomic E-state index is 0.437. The first-order chi connectivity index (χ1) is 10.1. The number of nitrogen functional groups attached to an aromatic ring is 1. The van der Waals surface area contributed by atoms with Crippen molar-refractivity contribution in [1.82, 2.24) is 10.2 Å². The van der Waals surface area contributed by atoms with Crippen LogP contribution in [0.4, 0.5) is 5.82 Å². The van der Waals surface area contributed by atoms with E-state index in [1.807, 2.05) is 37.3 Å². The fourth-order valence-corrected chi connectivity index (χ4v) is 2.74. The summed E-state index contributed by atoms with van der Waals surface area (Å²) in [5.74, 6) is 0.437. The van der Waals surface area contributed by atoms with Crippen molar-refractivity contribution in [1.29, 1.82) is 0 Å². The molecule has 21 heavy (non-hydrogen) atoms. The minimum Gasteiger partial charge on any atom is -0.382 e. The summed E-state index contributed by atoms with van der Waals surface area (Å²) in [5.41, 5.74) is 10.6. The number of benzene rings is 2. The smallest absolute Gasteiger partial charge is 0.153 e. The second kappa shape index (κ2) is 5.43. The van der Waals surface area contributed by atoms with Crippen LogP contribution in [-0.4, -0.2) is 10.2 Å². The number of H-pyrrole nitrogens is 1. The molecule has 106 valence electrons. The van der Waals surface area contributed by atoms with Crippen LogP contribution < -0.4 is 5.73 Å². The molecule has 0 radical (unpaired) electrons. The van der Waals surface area contributed by atoms with Gasteiger partial charge in [-0.05, 0) is 18.6 Å². The molecule has 2 aromatic carbocycles. The maximum absolute atomic E-state index is 6.31. The zero-order valence-corrected chi connectivity index (χ0v) is 12.8. The van der Waals surface area contributed by atoms with Crippen molar-refractivity contribution in [3.05, 3.63) is 58.1 Å². The SMILES string of the molecule is Cc1cccc(-c2c(N)n[nH]c2-c2cccc(Cl)c2Cl)c1. The van der Waals surface area contributed by atoms with Gasteiger partial charge in [-0.1, -0.05) is 65.2 Å². The van der Waals surface area contributed by atoms with Gasteiger partial charge in [-0.15, -0.1) is 0 Å². The van der Waals surface area contributed by atoms with Crippen LogP contribution in [0.25, 0.3) is 22.4 Å². The predicted octanol–water partition coefficient (Wildman–Crippen LogP) is 4.94. The number of nitrogens with one attached hydrogen (secondary N) is 1. The Bertz CT molecular complexity index is 809. The number of hydrogen-bond acceptors (Lipinski definition) is 2. The lowest BCUT2D eigenvalue weighted by Gasteiger charge is -2.08. The summed E-state index contributed by atoms with van der Waals surface area (Å²) >= 11 is 12.4. The maximum Gasteiger partial charge on any atom is 0.153 e. The molecule has 0 saturated carbocycles. The van der Waals surface area contributed by atoms with Gasteiger partial charge in [0.05, 0.1) is 21.3 Å². The van der Waals surface area contributed by atoms with E-state index in [-0.39, 0.29) is 0 Å². The lowest BCUT2D eigenvalue weighted by atomic mass is 9.99. The molecule has 3 N–H and O–H groups in total. The number of aromatic nitrogens is 2. The number of rotatable bonds is 2. The zero-order valence-electron chi connectivity index (χ0n) is 11.3. The summed E-state index contributed by atoms with van der Waals surface area (Å²) in [6.45, 7) is 2.03. The fraction of sp³-hybridized carbons (Fsp3) is 0.0625. The van der Waals surface area contributed by atoms with Crippen molar-refractivity contribution < 1.29 is 0 Å². The van der Waals surface area contributed by atoms with Gasteiger partial charge in [0, 0.05) is 5.56 Å². The molecule has 3 nitrogen and oxygen atoms in total. The Kier molecular flexibility index (Phi) is 3.62. The third kappa shape index (κ3) is 2.50. The van der Waals surface area contributed by atoms with E-state index < -0.39 is 0 Å². The average molecular weight is 318 g/mol. The van der Waals surface area contributed by atoms with Gasteiger partial charge in [0.15, 0.2) is 5.82 Å². The van der Waals surface area contributed by atoms with E-state index in [9.17, 15) is 0 Å². The first-order valence-corrected chi connectivity index (χ1v) is 7.19. The molecular weight excluding hydrogens is 305 g/mol. The standard InChI is InChI=1S/C16H13Cl2N3/c1-9-4-2-5-10(8-9)13-15(20-21-16(13)19)11-6-3-7-12(17)14(11)18/h2-8H,1H3,(H3,19,20,21). The topological polar surface area (TPSA) is 54.7 Å². The normalized spacial score (nSPS) is 10.8. The highest BCUT2D eigenvalue weighted by Gasteiger charge is 2.17. The van der Waals surface area contributed by atoms with Crippen molar-refractivity contribution in [2.24, 2.45) is 0 Å². The Labute approximate surface area is 132 Å². The highest BCUT2D eigenvalue weighted by Crippen LogP contribution is 2.40. The molecule has 0 spiro atoms. The second-order valence-corrected chi connectivity index (χ2v) is 5.61. The average Bonchev–Trinajstić information content (AvgIpc) is 2.83. The van der Waals surface area contributed by atoms with Crippen LogP contribution in [-0.2, 0) is 0 Å². The van der Waals surface area contributed by atoms with Crippen molar-refractivity contribution >= 4 is 29.0 Å². The van der Waals surface area contributed by atoms with Crippen molar-refractivity contribution in [3.63, 3.8) is 0 Å². The van der Waals surface area contributed by atoms with Gasteiger partial charge in [-0.3, -0.25) is 5.10 Å². The summed E-state index contributed by atoms with van der Waals surface area (Å²) in [6.07, 6.45) is 0. The number of halogens is 2. The summed E-state index contributed by atoms with van der Waals surface area (Å²) in [6, 6.07) is 13.6. The van der Waals surface area contributed by atoms with E-state index in [4.69, 9.17) is 28.9 Å². The highest BCUT2D eigenvalue weighted by atomic mass is 35.5. The highest BCUT2D eigenvalue weighted by molar-refractivity contribution is 6.43. The summed E-state index contributed by atoms with van der Waals surface area (Å²) in [4.78, 5) is 0. The molecule has 3 rings (SSSR count). The predicted molar refractivity (Wildman–Crippen MR) is 88.6 cm³/mol. The number of aromatic amines is 1. The molecule has 0 aliphatic rings. The molecule has 0 unspecified atom stereocenters. The molecule has 0 aliphatic carbocycles. The second-order valence-electron chi connectivity index (χ2n) is 4.83. The largest absolute Gasteiger partial charge is 0.382 e. The summed E-state index contributed by atoms with van der Waals surface area (Å²) in [7, 11) is 0. The van der Waals surface area contributed by atoms with Crippen molar-refractivity contribution in [3.8, 4) is 22.4 Å². The summed E-state index contributed by atoms with van der Waals surface area (Å²) < 4.78 is 0. The third-order valence-electron chi connectivity index (χ3n) is 3.32. The molecule has 3 aromatic rings. The number of aryl methyl sites for hydroxylation is 1. The zero-order chi connectivity index (χ0) is 15.0. The van der Waals surface area contributed by atoms with Crippen LogP contribution >= 0.6 is 23.2 Å². The molecule has 1 aromatic heterocycles. The van der Waals surface area contributed by atoms with Crippen LogP contribution in [0.5, 0.6) is 0 Å². The van der Waals surface area contributed by atoms with Crippen molar-refractivity contribution in [2.75, 3.05) is 5.73 Å². The maximum atomic E-state index is 6.31. The molecule has 0 fully saturated rings. The molecule has 0 atom stereocenters. The van der Waals surface area contributed by atoms with Gasteiger partial charge in [0.1, 0.15) is 0 Å². The number of hydrogen-bond donors (Lipinski definition) is 2. The van der Waals surface area contributed by atoms with Gasteiger partial charge in [-0.25, -0.2) is 0 Å². The molecule has 1 heterocycles. The molecule has 5 heteroatoms.